The Morgan fingerprint density at radius 2 is 1.52 bits per heavy atom. The van der Waals surface area contributed by atoms with Crippen LogP contribution in [-0.2, 0) is 49.6 Å². The molecule has 1 aliphatic carbocycles. The topological polar surface area (TPSA) is 63.1 Å². The van der Waals surface area contributed by atoms with Crippen LogP contribution in [0, 0.1) is 22.8 Å². The maximum Gasteiger partial charge on any atom is 0.164 e. The molecule has 0 spiro atoms. The van der Waals surface area contributed by atoms with Gasteiger partial charge in [-0.15, -0.1) is 29.1 Å². The summed E-state index contributed by atoms with van der Waals surface area (Å²) in [6.07, 6.45) is 11.9. The second-order valence-electron chi connectivity index (χ2n) is 15.9. The van der Waals surface area contributed by atoms with E-state index in [9.17, 15) is 9.90 Å². The summed E-state index contributed by atoms with van der Waals surface area (Å²) in [6, 6.07) is 19.1. The number of aryl methyl sites for hydroxylation is 1. The molecule has 0 amide bonds. The van der Waals surface area contributed by atoms with Crippen molar-refractivity contribution in [2.75, 3.05) is 0 Å². The Kier molecular flexibility index (Phi) is 14.0. The second-order valence-corrected chi connectivity index (χ2v) is 15.9. The zero-order valence-electron chi connectivity index (χ0n) is 32.4. The molecule has 0 saturated carbocycles. The maximum absolute atomic E-state index is 12.2. The molecule has 0 aliphatic heterocycles. The van der Waals surface area contributed by atoms with Crippen LogP contribution in [0.4, 0.5) is 0 Å². The smallest absolute Gasteiger partial charge is 0.164 e. The molecule has 0 bridgehead atoms. The fourth-order valence-corrected chi connectivity index (χ4v) is 6.68. The van der Waals surface area contributed by atoms with Gasteiger partial charge in [-0.2, -0.15) is 0 Å². The number of aromatic nitrogens is 2. The van der Waals surface area contributed by atoms with Crippen molar-refractivity contribution in [1.82, 2.24) is 9.97 Å². The first-order chi connectivity index (χ1) is 23.1. The average Bonchev–Trinajstić information content (AvgIpc) is 3.09. The van der Waals surface area contributed by atoms with Gasteiger partial charge in [0.15, 0.2) is 5.78 Å². The number of aliphatic hydroxyl groups excluding tert-OH is 1. The summed E-state index contributed by atoms with van der Waals surface area (Å²) >= 11 is 0. The molecule has 4 aromatic rings. The summed E-state index contributed by atoms with van der Waals surface area (Å²) < 4.78 is 0. The van der Waals surface area contributed by atoms with Gasteiger partial charge in [0.25, 0.3) is 0 Å². The Morgan fingerprint density at radius 3 is 2.12 bits per heavy atom. The largest absolute Gasteiger partial charge is 0.512 e. The molecular weight excluding hydrogens is 793 g/mol. The molecule has 1 aliphatic rings. The van der Waals surface area contributed by atoms with Crippen molar-refractivity contribution in [3.8, 4) is 22.4 Å². The first-order valence-corrected chi connectivity index (χ1v) is 18.5. The van der Waals surface area contributed by atoms with E-state index in [1.807, 2.05) is 47.7 Å². The number of hydrogen-bond donors (Lipinski definition) is 1. The molecule has 0 saturated heterocycles. The fourth-order valence-electron chi connectivity index (χ4n) is 6.68. The monoisotopic (exact) mass is 852 g/mol. The normalized spacial score (nSPS) is 13.2. The standard InChI is InChI=1S/C30H31N2.C15H28O2.Ir/c1-19(2)14-23-16-21-10-11-26-25(27(21)18-32-23)12-13-31-29(26)22-15-20-8-6-7-9-24(20)28(17-22)30(3,4)5;1-7-14(5,8-2)12(16)11-13(17)15(6,9-3)10-4;/h6-9,12-13,16-19H,10-11,14H2,1-5H3;11,16H,7-10H2,1-6H3;/q-1;;/b;12-11-;. The molecule has 1 N–H and O–H groups in total. The van der Waals surface area contributed by atoms with Crippen LogP contribution in [0.2, 0.25) is 0 Å². The fraction of sp³-hybridized carbons (Fsp3) is 0.489. The average molecular weight is 852 g/mol. The molecule has 2 aromatic heterocycles. The van der Waals surface area contributed by atoms with Gasteiger partial charge in [-0.25, -0.2) is 0 Å². The van der Waals surface area contributed by atoms with Crippen molar-refractivity contribution < 1.29 is 30.0 Å². The van der Waals surface area contributed by atoms with Gasteiger partial charge >= 0.3 is 0 Å². The first kappa shape index (κ1) is 41.3. The van der Waals surface area contributed by atoms with E-state index in [1.165, 1.54) is 45.0 Å². The van der Waals surface area contributed by atoms with Gasteiger partial charge in [0.05, 0.1) is 0 Å². The summed E-state index contributed by atoms with van der Waals surface area (Å²) in [7, 11) is 0. The molecule has 0 fully saturated rings. The maximum atomic E-state index is 12.2. The predicted octanol–water partition coefficient (Wildman–Crippen LogP) is 12.0. The number of hydrogen-bond acceptors (Lipinski definition) is 4. The van der Waals surface area contributed by atoms with Crippen LogP contribution in [0.5, 0.6) is 0 Å². The van der Waals surface area contributed by atoms with Crippen LogP contribution < -0.4 is 0 Å². The molecule has 1 radical (unpaired) electrons. The van der Waals surface area contributed by atoms with Crippen molar-refractivity contribution in [3.05, 3.63) is 95.1 Å². The van der Waals surface area contributed by atoms with Gasteiger partial charge in [-0.05, 0) is 85.1 Å². The van der Waals surface area contributed by atoms with Gasteiger partial charge in [-0.3, -0.25) is 14.8 Å². The Labute approximate surface area is 316 Å². The number of fused-ring (bicyclic) bond motifs is 4. The summed E-state index contributed by atoms with van der Waals surface area (Å²) in [5.41, 5.74) is 9.43. The number of rotatable bonds is 10. The van der Waals surface area contributed by atoms with Crippen molar-refractivity contribution in [1.29, 1.82) is 0 Å². The summed E-state index contributed by atoms with van der Waals surface area (Å²) in [6.45, 7) is 23.4. The van der Waals surface area contributed by atoms with E-state index in [0.717, 1.165) is 61.6 Å². The summed E-state index contributed by atoms with van der Waals surface area (Å²) in [5, 5.41) is 12.6. The van der Waals surface area contributed by atoms with Gasteiger partial charge in [0.2, 0.25) is 0 Å². The van der Waals surface area contributed by atoms with Crippen LogP contribution in [0.25, 0.3) is 33.2 Å². The minimum absolute atomic E-state index is 0. The Morgan fingerprint density at radius 1 is 0.880 bits per heavy atom. The third-order valence-electron chi connectivity index (χ3n) is 11.1. The predicted molar refractivity (Wildman–Crippen MR) is 207 cm³/mol. The molecule has 50 heavy (non-hydrogen) atoms. The SMILES string of the molecule is CC(C)Cc1cc2c(cn1)-c1ccnc(-c3[c-]c4ccccc4c(C(C)(C)C)c3)c1CC2.CCC(C)(CC)C(=O)/C=C(\O)C(C)(CC)CC.[Ir]. The Bertz CT molecular complexity index is 1810. The van der Waals surface area contributed by atoms with Crippen LogP contribution in [0.15, 0.2) is 66.7 Å². The second kappa shape index (κ2) is 16.9. The van der Waals surface area contributed by atoms with E-state index >= 15 is 0 Å². The number of benzene rings is 2. The van der Waals surface area contributed by atoms with E-state index in [0.29, 0.717) is 5.92 Å². The molecule has 5 heteroatoms. The van der Waals surface area contributed by atoms with Crippen LogP contribution >= 0.6 is 0 Å². The number of carbonyl (C=O) groups excluding carboxylic acids is 1. The zero-order valence-corrected chi connectivity index (χ0v) is 34.8. The van der Waals surface area contributed by atoms with Gasteiger partial charge in [-0.1, -0.05) is 105 Å². The van der Waals surface area contributed by atoms with Crippen molar-refractivity contribution in [3.63, 3.8) is 0 Å². The van der Waals surface area contributed by atoms with Crippen LogP contribution in [0.3, 0.4) is 0 Å². The van der Waals surface area contributed by atoms with E-state index < -0.39 is 0 Å². The molecule has 271 valence electrons. The number of aliphatic hydroxyl groups is 1. The van der Waals surface area contributed by atoms with E-state index in [-0.39, 0.29) is 47.9 Å². The Balaban J connectivity index is 0.000000323. The number of ketones is 1. The number of nitrogens with zero attached hydrogens (tertiary/aromatic N) is 2. The number of allylic oxidation sites excluding steroid dienone is 2. The Hall–Kier alpha value is -3.14. The quantitative estimate of drug-likeness (QED) is 0.0981. The summed E-state index contributed by atoms with van der Waals surface area (Å²) in [4.78, 5) is 21.8. The zero-order chi connectivity index (χ0) is 36.1. The molecule has 4 nitrogen and oxygen atoms in total. The minimum atomic E-state index is -0.337. The van der Waals surface area contributed by atoms with E-state index in [4.69, 9.17) is 9.97 Å². The van der Waals surface area contributed by atoms with Crippen molar-refractivity contribution >= 4 is 16.6 Å². The van der Waals surface area contributed by atoms with Gasteiger partial charge in [0, 0.05) is 66.4 Å². The molecule has 0 atom stereocenters. The molecular formula is C45H59IrN2O2-. The third-order valence-corrected chi connectivity index (χ3v) is 11.1. The van der Waals surface area contributed by atoms with E-state index in [1.54, 1.807) is 0 Å². The minimum Gasteiger partial charge on any atom is -0.512 e. The van der Waals surface area contributed by atoms with E-state index in [2.05, 4.69) is 89.3 Å². The molecule has 0 unspecified atom stereocenters. The van der Waals surface area contributed by atoms with Crippen LogP contribution in [-0.4, -0.2) is 20.9 Å². The number of carbonyl (C=O) groups is 1. The molecule has 2 heterocycles. The van der Waals surface area contributed by atoms with Crippen molar-refractivity contribution in [2.24, 2.45) is 16.7 Å². The van der Waals surface area contributed by atoms with Crippen molar-refractivity contribution in [2.45, 2.75) is 127 Å². The molecule has 2 aromatic carbocycles. The van der Waals surface area contributed by atoms with Crippen LogP contribution in [0.1, 0.15) is 124 Å². The van der Waals surface area contributed by atoms with Gasteiger partial charge < -0.3 is 5.11 Å². The summed E-state index contributed by atoms with van der Waals surface area (Å²) in [5.74, 6) is 0.904. The molecule has 5 rings (SSSR count). The third kappa shape index (κ3) is 9.01. The van der Waals surface area contributed by atoms with Gasteiger partial charge in [0.1, 0.15) is 5.76 Å². The number of pyridine rings is 2. The first-order valence-electron chi connectivity index (χ1n) is 18.5.